The zero-order chi connectivity index (χ0) is 15.3. The Bertz CT molecular complexity index is 568. The first-order chi connectivity index (χ1) is 9.98. The maximum Gasteiger partial charge on any atom is 0.223 e. The molecule has 1 aliphatic rings. The molecule has 1 saturated carbocycles. The lowest BCUT2D eigenvalue weighted by atomic mass is 10.0. The van der Waals surface area contributed by atoms with Crippen LogP contribution in [0.15, 0.2) is 30.3 Å². The Balaban J connectivity index is 1.72. The molecule has 5 nitrogen and oxygen atoms in total. The molecule has 2 rings (SSSR count). The van der Waals surface area contributed by atoms with Gasteiger partial charge in [0.1, 0.15) is 0 Å². The zero-order valence-electron chi connectivity index (χ0n) is 12.2. The highest BCUT2D eigenvalue weighted by molar-refractivity contribution is 7.89. The summed E-state index contributed by atoms with van der Waals surface area (Å²) in [6, 6.07) is 9.57. The predicted octanol–water partition coefficient (Wildman–Crippen LogP) is 1.24. The monoisotopic (exact) mass is 310 g/mol. The van der Waals surface area contributed by atoms with Crippen LogP contribution in [-0.2, 0) is 14.8 Å². The first-order valence-corrected chi connectivity index (χ1v) is 8.93. The summed E-state index contributed by atoms with van der Waals surface area (Å²) in [5.41, 5.74) is 1.00. The molecule has 1 amide bonds. The molecule has 2 N–H and O–H groups in total. The molecule has 0 heterocycles. The second-order valence-corrected chi connectivity index (χ2v) is 7.40. The topological polar surface area (TPSA) is 75.3 Å². The van der Waals surface area contributed by atoms with Crippen LogP contribution in [0.2, 0.25) is 0 Å². The average Bonchev–Trinajstić information content (AvgIpc) is 3.28. The minimum atomic E-state index is -3.33. The molecule has 0 radical (unpaired) electrons. The van der Waals surface area contributed by atoms with E-state index in [9.17, 15) is 13.2 Å². The van der Waals surface area contributed by atoms with Crippen molar-refractivity contribution in [1.29, 1.82) is 0 Å². The third-order valence-electron chi connectivity index (χ3n) is 3.53. The summed E-state index contributed by atoms with van der Waals surface area (Å²) >= 11 is 0. The van der Waals surface area contributed by atoms with Gasteiger partial charge in [-0.25, -0.2) is 13.1 Å². The van der Waals surface area contributed by atoms with E-state index >= 15 is 0 Å². The Morgan fingerprint density at radius 3 is 2.52 bits per heavy atom. The number of benzene rings is 1. The van der Waals surface area contributed by atoms with Crippen molar-refractivity contribution in [3.63, 3.8) is 0 Å². The minimum absolute atomic E-state index is 0.0341. The largest absolute Gasteiger partial charge is 0.355 e. The molecule has 0 saturated heterocycles. The third kappa shape index (κ3) is 5.47. The van der Waals surface area contributed by atoms with Crippen molar-refractivity contribution in [2.45, 2.75) is 25.7 Å². The molecule has 0 bridgehead atoms. The minimum Gasteiger partial charge on any atom is -0.355 e. The van der Waals surface area contributed by atoms with Gasteiger partial charge < -0.3 is 5.32 Å². The fourth-order valence-corrected chi connectivity index (χ4v) is 3.53. The molecule has 1 fully saturated rings. The van der Waals surface area contributed by atoms with Crippen LogP contribution < -0.4 is 10.0 Å². The van der Waals surface area contributed by atoms with Gasteiger partial charge in [-0.1, -0.05) is 37.3 Å². The van der Waals surface area contributed by atoms with Crippen LogP contribution in [0.4, 0.5) is 0 Å². The van der Waals surface area contributed by atoms with Gasteiger partial charge in [-0.05, 0) is 24.3 Å². The van der Waals surface area contributed by atoms with Crippen LogP contribution >= 0.6 is 0 Å². The van der Waals surface area contributed by atoms with E-state index in [4.69, 9.17) is 0 Å². The molecule has 1 unspecified atom stereocenters. The number of nitrogens with one attached hydrogen (secondary N) is 2. The quantitative estimate of drug-likeness (QED) is 0.709. The molecular formula is C15H22N2O3S. The lowest BCUT2D eigenvalue weighted by molar-refractivity contribution is -0.122. The van der Waals surface area contributed by atoms with Crippen molar-refractivity contribution >= 4 is 15.9 Å². The summed E-state index contributed by atoms with van der Waals surface area (Å²) in [5.74, 6) is 0.171. The van der Waals surface area contributed by atoms with Crippen LogP contribution in [0, 0.1) is 5.92 Å². The van der Waals surface area contributed by atoms with E-state index in [2.05, 4.69) is 10.0 Å². The highest BCUT2D eigenvalue weighted by Gasteiger charge is 2.29. The van der Waals surface area contributed by atoms with Crippen LogP contribution in [0.5, 0.6) is 0 Å². The SMILES string of the molecule is CC(CS(=O)(=O)NCCNC(=O)C1CC1)c1ccccc1. The number of rotatable bonds is 8. The van der Waals surface area contributed by atoms with Crippen LogP contribution in [0.25, 0.3) is 0 Å². The Kier molecular flexibility index (Phi) is 5.36. The molecule has 0 aliphatic heterocycles. The van der Waals surface area contributed by atoms with E-state index in [1.54, 1.807) is 0 Å². The number of hydrogen-bond acceptors (Lipinski definition) is 3. The molecule has 21 heavy (non-hydrogen) atoms. The molecule has 1 atom stereocenters. The fraction of sp³-hybridized carbons (Fsp3) is 0.533. The van der Waals surface area contributed by atoms with E-state index in [0.29, 0.717) is 6.54 Å². The van der Waals surface area contributed by atoms with E-state index in [1.807, 2.05) is 37.3 Å². The van der Waals surface area contributed by atoms with Gasteiger partial charge in [0.25, 0.3) is 0 Å². The van der Waals surface area contributed by atoms with Crippen molar-refractivity contribution in [3.05, 3.63) is 35.9 Å². The molecular weight excluding hydrogens is 288 g/mol. The number of carbonyl (C=O) groups excluding carboxylic acids is 1. The smallest absolute Gasteiger partial charge is 0.223 e. The van der Waals surface area contributed by atoms with E-state index in [1.165, 1.54) is 0 Å². The molecule has 1 aliphatic carbocycles. The van der Waals surface area contributed by atoms with Gasteiger partial charge in [-0.2, -0.15) is 0 Å². The second-order valence-electron chi connectivity index (χ2n) is 5.55. The zero-order valence-corrected chi connectivity index (χ0v) is 13.0. The second kappa shape index (κ2) is 7.04. The van der Waals surface area contributed by atoms with Crippen molar-refractivity contribution < 1.29 is 13.2 Å². The molecule has 1 aromatic carbocycles. The summed E-state index contributed by atoms with van der Waals surface area (Å²) in [5, 5.41) is 2.74. The van der Waals surface area contributed by atoms with Crippen molar-refractivity contribution in [2.24, 2.45) is 5.92 Å². The highest BCUT2D eigenvalue weighted by atomic mass is 32.2. The van der Waals surface area contributed by atoms with Gasteiger partial charge in [-0.3, -0.25) is 4.79 Å². The highest BCUT2D eigenvalue weighted by Crippen LogP contribution is 2.28. The molecule has 6 heteroatoms. The van der Waals surface area contributed by atoms with Gasteiger partial charge in [0.15, 0.2) is 0 Å². The number of hydrogen-bond donors (Lipinski definition) is 2. The van der Waals surface area contributed by atoms with E-state index < -0.39 is 10.0 Å². The van der Waals surface area contributed by atoms with Gasteiger partial charge >= 0.3 is 0 Å². The summed E-state index contributed by atoms with van der Waals surface area (Å²) in [4.78, 5) is 11.4. The lowest BCUT2D eigenvalue weighted by Gasteiger charge is -2.13. The predicted molar refractivity (Wildman–Crippen MR) is 82.4 cm³/mol. The van der Waals surface area contributed by atoms with Gasteiger partial charge in [0.2, 0.25) is 15.9 Å². The lowest BCUT2D eigenvalue weighted by Crippen LogP contribution is -2.36. The van der Waals surface area contributed by atoms with Gasteiger partial charge in [0, 0.05) is 19.0 Å². The van der Waals surface area contributed by atoms with Crippen molar-refractivity contribution in [1.82, 2.24) is 10.0 Å². The van der Waals surface area contributed by atoms with Gasteiger partial charge in [0.05, 0.1) is 5.75 Å². The van der Waals surface area contributed by atoms with Crippen LogP contribution in [-0.4, -0.2) is 33.2 Å². The number of carbonyl (C=O) groups is 1. The van der Waals surface area contributed by atoms with Crippen molar-refractivity contribution in [2.75, 3.05) is 18.8 Å². The standard InChI is InChI=1S/C15H22N2O3S/c1-12(13-5-3-2-4-6-13)11-21(19,20)17-10-9-16-15(18)14-7-8-14/h2-6,12,14,17H,7-11H2,1H3,(H,16,18). The summed E-state index contributed by atoms with van der Waals surface area (Å²) in [6.07, 6.45) is 1.90. The third-order valence-corrected chi connectivity index (χ3v) is 5.12. The average molecular weight is 310 g/mol. The normalized spacial score (nSPS) is 16.4. The van der Waals surface area contributed by atoms with E-state index in [-0.39, 0.29) is 30.0 Å². The molecule has 116 valence electrons. The maximum absolute atomic E-state index is 12.0. The van der Waals surface area contributed by atoms with Crippen LogP contribution in [0.3, 0.4) is 0 Å². The summed E-state index contributed by atoms with van der Waals surface area (Å²) in [7, 11) is -3.33. The van der Waals surface area contributed by atoms with Crippen LogP contribution in [0.1, 0.15) is 31.2 Å². The Hall–Kier alpha value is -1.40. The number of sulfonamides is 1. The maximum atomic E-state index is 12.0. The first-order valence-electron chi connectivity index (χ1n) is 7.28. The molecule has 0 spiro atoms. The molecule has 0 aromatic heterocycles. The van der Waals surface area contributed by atoms with Gasteiger partial charge in [-0.15, -0.1) is 0 Å². The first kappa shape index (κ1) is 16.0. The van der Waals surface area contributed by atoms with Crippen molar-refractivity contribution in [3.8, 4) is 0 Å². The Labute approximate surface area is 126 Å². The van der Waals surface area contributed by atoms with E-state index in [0.717, 1.165) is 18.4 Å². The molecule has 1 aromatic rings. The fourth-order valence-electron chi connectivity index (χ4n) is 2.15. The summed E-state index contributed by atoms with van der Waals surface area (Å²) < 4.78 is 26.5. The number of amides is 1. The summed E-state index contributed by atoms with van der Waals surface area (Å²) in [6.45, 7) is 2.47. The Morgan fingerprint density at radius 1 is 1.24 bits per heavy atom. The Morgan fingerprint density at radius 2 is 1.90 bits per heavy atom.